The van der Waals surface area contributed by atoms with Crippen LogP contribution >= 0.6 is 11.6 Å². The summed E-state index contributed by atoms with van der Waals surface area (Å²) in [5.41, 5.74) is 6.65. The predicted molar refractivity (Wildman–Crippen MR) is 147 cm³/mol. The van der Waals surface area contributed by atoms with Crippen molar-refractivity contribution in [3.05, 3.63) is 93.5 Å². The minimum Gasteiger partial charge on any atom is -0.447 e. The fourth-order valence-corrected chi connectivity index (χ4v) is 5.62. The van der Waals surface area contributed by atoms with Crippen LogP contribution in [0.25, 0.3) is 11.0 Å². The van der Waals surface area contributed by atoms with Crippen molar-refractivity contribution in [2.24, 2.45) is 0 Å². The quantitative estimate of drug-likeness (QED) is 0.275. The van der Waals surface area contributed by atoms with E-state index < -0.39 is 6.09 Å². The Hall–Kier alpha value is -3.71. The summed E-state index contributed by atoms with van der Waals surface area (Å²) < 4.78 is 7.12. The first kappa shape index (κ1) is 25.9. The monoisotopic (exact) mass is 530 g/mol. The van der Waals surface area contributed by atoms with Crippen molar-refractivity contribution in [1.29, 1.82) is 0 Å². The second kappa shape index (κ2) is 11.0. The number of cyclic esters (lactones) is 1. The topological polar surface area (TPSA) is 77.3 Å². The fourth-order valence-electron chi connectivity index (χ4n) is 5.29. The van der Waals surface area contributed by atoms with E-state index in [4.69, 9.17) is 16.3 Å². The lowest BCUT2D eigenvalue weighted by Gasteiger charge is -2.25. The molecule has 1 fully saturated rings. The Kier molecular flexibility index (Phi) is 7.47. The molecule has 1 aliphatic heterocycles. The van der Waals surface area contributed by atoms with Crippen LogP contribution in [0.4, 0.5) is 4.79 Å². The molecule has 0 aliphatic carbocycles. The summed E-state index contributed by atoms with van der Waals surface area (Å²) in [6.45, 7) is 7.05. The number of fused-ring (bicyclic) bond motifs is 1. The number of aromatic nitrogens is 3. The molecule has 0 N–H and O–H groups in total. The molecule has 1 aromatic heterocycles. The third kappa shape index (κ3) is 4.90. The van der Waals surface area contributed by atoms with Gasteiger partial charge in [0.05, 0.1) is 16.6 Å². The second-order valence-corrected chi connectivity index (χ2v) is 10.1. The highest BCUT2D eigenvalue weighted by atomic mass is 35.5. The summed E-state index contributed by atoms with van der Waals surface area (Å²) in [5, 5.41) is 9.00. The molecule has 3 aromatic carbocycles. The Bertz CT molecular complexity index is 1480. The van der Waals surface area contributed by atoms with Gasteiger partial charge in [0, 0.05) is 18.9 Å². The minimum atomic E-state index is -0.597. The molecule has 0 spiro atoms. The zero-order valence-corrected chi connectivity index (χ0v) is 22.6. The Balaban J connectivity index is 1.53. The minimum absolute atomic E-state index is 0.0692. The summed E-state index contributed by atoms with van der Waals surface area (Å²) >= 11 is 6.94. The maximum atomic E-state index is 13.8. The van der Waals surface area contributed by atoms with Crippen LogP contribution in [0.2, 0.25) is 5.02 Å². The molecule has 8 heteroatoms. The number of halogens is 1. The van der Waals surface area contributed by atoms with Gasteiger partial charge in [-0.3, -0.25) is 4.79 Å². The largest absolute Gasteiger partial charge is 0.447 e. The van der Waals surface area contributed by atoms with Crippen LogP contribution in [-0.2, 0) is 28.9 Å². The molecule has 0 bridgehead atoms. The van der Waals surface area contributed by atoms with E-state index in [2.05, 4.69) is 36.3 Å². The zero-order valence-electron chi connectivity index (χ0n) is 21.9. The number of ether oxygens (including phenoxy) is 1. The fraction of sp³-hybridized carbons (Fsp3) is 0.333. The van der Waals surface area contributed by atoms with E-state index in [1.807, 2.05) is 55.5 Å². The first-order valence-electron chi connectivity index (χ1n) is 13.0. The summed E-state index contributed by atoms with van der Waals surface area (Å²) in [5.74, 6) is -0.659. The molecule has 2 heterocycles. The lowest BCUT2D eigenvalue weighted by Crippen LogP contribution is -2.40. The van der Waals surface area contributed by atoms with E-state index in [1.54, 1.807) is 4.68 Å². The van der Waals surface area contributed by atoms with Gasteiger partial charge in [-0.25, -0.2) is 14.4 Å². The van der Waals surface area contributed by atoms with Crippen LogP contribution < -0.4 is 0 Å². The van der Waals surface area contributed by atoms with Gasteiger partial charge in [-0.15, -0.1) is 5.10 Å². The van der Waals surface area contributed by atoms with Gasteiger partial charge in [-0.1, -0.05) is 78.3 Å². The molecule has 2 amide bonds. The van der Waals surface area contributed by atoms with Gasteiger partial charge >= 0.3 is 6.09 Å². The molecule has 0 saturated carbocycles. The van der Waals surface area contributed by atoms with Crippen molar-refractivity contribution in [2.75, 3.05) is 6.61 Å². The molecule has 5 rings (SSSR count). The molecule has 7 nitrogen and oxygen atoms in total. The highest BCUT2D eigenvalue weighted by Gasteiger charge is 2.39. The number of carbonyl (C=O) groups is 2. The Morgan fingerprint density at radius 1 is 1.13 bits per heavy atom. The molecule has 0 radical (unpaired) electrons. The van der Waals surface area contributed by atoms with Gasteiger partial charge in [-0.2, -0.15) is 0 Å². The van der Waals surface area contributed by atoms with Crippen LogP contribution in [0.15, 0.2) is 60.7 Å². The van der Waals surface area contributed by atoms with E-state index >= 15 is 0 Å². The van der Waals surface area contributed by atoms with E-state index in [0.717, 1.165) is 28.6 Å². The van der Waals surface area contributed by atoms with Crippen LogP contribution in [-0.4, -0.2) is 44.5 Å². The summed E-state index contributed by atoms with van der Waals surface area (Å²) in [7, 11) is 0. The normalized spacial score (nSPS) is 16.2. The number of rotatable bonds is 8. The lowest BCUT2D eigenvalue weighted by atomic mass is 9.85. The third-order valence-electron chi connectivity index (χ3n) is 7.41. The van der Waals surface area contributed by atoms with Gasteiger partial charge < -0.3 is 4.74 Å². The number of amides is 2. The number of imide groups is 1. The highest BCUT2D eigenvalue weighted by Crippen LogP contribution is 2.38. The second-order valence-electron chi connectivity index (χ2n) is 9.72. The molecule has 1 saturated heterocycles. The number of hydrogen-bond acceptors (Lipinski definition) is 5. The smallest absolute Gasteiger partial charge is 0.416 e. The molecule has 4 aromatic rings. The molecule has 196 valence electrons. The van der Waals surface area contributed by atoms with Crippen LogP contribution in [0.5, 0.6) is 0 Å². The summed E-state index contributed by atoms with van der Waals surface area (Å²) in [6.07, 6.45) is 0.885. The van der Waals surface area contributed by atoms with E-state index in [0.29, 0.717) is 23.5 Å². The van der Waals surface area contributed by atoms with Crippen molar-refractivity contribution in [3.63, 3.8) is 0 Å². The Morgan fingerprint density at radius 2 is 1.92 bits per heavy atom. The average molecular weight is 531 g/mol. The van der Waals surface area contributed by atoms with E-state index in [-0.39, 0.29) is 30.9 Å². The van der Waals surface area contributed by atoms with Gasteiger partial charge in [0.15, 0.2) is 0 Å². The summed E-state index contributed by atoms with van der Waals surface area (Å²) in [6, 6.07) is 19.6. The van der Waals surface area contributed by atoms with Crippen molar-refractivity contribution in [2.45, 2.75) is 58.5 Å². The highest BCUT2D eigenvalue weighted by molar-refractivity contribution is 6.35. The molecular weight excluding hydrogens is 500 g/mol. The predicted octanol–water partition coefficient (Wildman–Crippen LogP) is 6.09. The zero-order chi connectivity index (χ0) is 26.8. The van der Waals surface area contributed by atoms with Crippen molar-refractivity contribution in [3.8, 4) is 0 Å². The Labute approximate surface area is 227 Å². The van der Waals surface area contributed by atoms with Crippen LogP contribution in [0.1, 0.15) is 54.0 Å². The van der Waals surface area contributed by atoms with Crippen molar-refractivity contribution in [1.82, 2.24) is 19.9 Å². The van der Waals surface area contributed by atoms with Crippen molar-refractivity contribution < 1.29 is 14.3 Å². The maximum absolute atomic E-state index is 13.8. The van der Waals surface area contributed by atoms with Crippen molar-refractivity contribution >= 4 is 34.6 Å². The number of hydrogen-bond donors (Lipinski definition) is 0. The first-order chi connectivity index (χ1) is 18.4. The number of aryl methyl sites for hydroxylation is 3. The van der Waals surface area contributed by atoms with Crippen LogP contribution in [0, 0.1) is 6.92 Å². The number of nitrogens with zero attached hydrogens (tertiary/aromatic N) is 4. The summed E-state index contributed by atoms with van der Waals surface area (Å²) in [4.78, 5) is 27.8. The molecule has 1 aliphatic rings. The third-order valence-corrected chi connectivity index (χ3v) is 7.81. The number of benzene rings is 3. The molecule has 0 unspecified atom stereocenters. The van der Waals surface area contributed by atoms with Gasteiger partial charge in [0.25, 0.3) is 0 Å². The molecule has 38 heavy (non-hydrogen) atoms. The van der Waals surface area contributed by atoms with Gasteiger partial charge in [0.2, 0.25) is 5.91 Å². The SMILES string of the molecule is CCc1cc([C@H](CC(=O)N2C(=O)OC[C@H]2Cc2ccccc2)c2ccc3c(nnn3CC)c2Cl)ccc1C. The van der Waals surface area contributed by atoms with E-state index in [9.17, 15) is 9.59 Å². The first-order valence-corrected chi connectivity index (χ1v) is 13.4. The molecule has 2 atom stereocenters. The average Bonchev–Trinajstić information content (AvgIpc) is 3.52. The lowest BCUT2D eigenvalue weighted by molar-refractivity contribution is -0.129. The maximum Gasteiger partial charge on any atom is 0.416 e. The van der Waals surface area contributed by atoms with Gasteiger partial charge in [0.1, 0.15) is 12.1 Å². The van der Waals surface area contributed by atoms with Crippen LogP contribution in [0.3, 0.4) is 0 Å². The number of carbonyl (C=O) groups excluding carboxylic acids is 2. The van der Waals surface area contributed by atoms with Gasteiger partial charge in [-0.05, 0) is 60.6 Å². The molecular formula is C30H31ClN4O3. The Morgan fingerprint density at radius 3 is 2.66 bits per heavy atom. The standard InChI is InChI=1S/C30H31ClN4O3/c1-4-21-16-22(12-11-19(21)3)25(24-13-14-26-29(28(24)31)32-33-34(26)5-2)17-27(36)35-23(18-38-30(35)37)15-20-9-7-6-8-10-20/h6-14,16,23,25H,4-5,15,17-18H2,1-3H3/t23-,25+/m1/s1. The van der Waals surface area contributed by atoms with E-state index in [1.165, 1.54) is 16.0 Å².